The molecule has 1 N–H and O–H groups in total. The van der Waals surface area contributed by atoms with E-state index in [1.807, 2.05) is 0 Å². The predicted molar refractivity (Wildman–Crippen MR) is 97.0 cm³/mol. The van der Waals surface area contributed by atoms with Crippen LogP contribution in [0.1, 0.15) is 29.3 Å². The van der Waals surface area contributed by atoms with Crippen LogP contribution in [-0.2, 0) is 14.3 Å². The Hall–Kier alpha value is -3.23. The van der Waals surface area contributed by atoms with Gasteiger partial charge in [0.2, 0.25) is 5.91 Å². The summed E-state index contributed by atoms with van der Waals surface area (Å²) in [6.45, 7) is 4.29. The Morgan fingerprint density at radius 3 is 2.93 bits per heavy atom. The van der Waals surface area contributed by atoms with E-state index in [1.165, 1.54) is 15.5 Å². The summed E-state index contributed by atoms with van der Waals surface area (Å²) in [5, 5.41) is 2.69. The highest BCUT2D eigenvalue weighted by atomic mass is 16.5. The van der Waals surface area contributed by atoms with Crippen LogP contribution < -0.4 is 15.8 Å². The van der Waals surface area contributed by atoms with Gasteiger partial charge in [0, 0.05) is 19.3 Å². The van der Waals surface area contributed by atoms with Gasteiger partial charge in [-0.1, -0.05) is 6.07 Å². The zero-order valence-corrected chi connectivity index (χ0v) is 15.1. The monoisotopic (exact) mass is 372 g/mol. The van der Waals surface area contributed by atoms with Crippen LogP contribution in [0.25, 0.3) is 5.65 Å². The Morgan fingerprint density at radius 1 is 1.44 bits per heavy atom. The minimum Gasteiger partial charge on any atom is -0.466 e. The largest absolute Gasteiger partial charge is 0.466 e. The lowest BCUT2D eigenvalue weighted by atomic mass is 10.1. The number of fused-ring (bicyclic) bond motifs is 1. The molecule has 1 unspecified atom stereocenters. The Bertz CT molecular complexity index is 968. The minimum atomic E-state index is -0.908. The number of hydrogen-bond donors (Lipinski definition) is 1. The van der Waals surface area contributed by atoms with Crippen molar-refractivity contribution in [2.45, 2.75) is 26.3 Å². The maximum absolute atomic E-state index is 12.8. The number of esters is 1. The van der Waals surface area contributed by atoms with Crippen LogP contribution in [0.4, 0.5) is 5.82 Å². The normalized spacial score (nSPS) is 16.9. The molecule has 1 amide bonds. The average Bonchev–Trinajstić information content (AvgIpc) is 2.64. The first-order chi connectivity index (χ1) is 13.0. The standard InChI is InChI=1S/C18H20N4O5/c1-3-27-14(24)9-13-17(25)19-6-8-21(13)16-12(10-23)18(26)22-7-4-5-11(2)15(22)20-16/h4-5,7,10,13H,3,6,8-9H2,1-2H3,(H,19,25). The van der Waals surface area contributed by atoms with Crippen molar-refractivity contribution < 1.29 is 19.1 Å². The van der Waals surface area contributed by atoms with E-state index >= 15 is 0 Å². The van der Waals surface area contributed by atoms with Crippen molar-refractivity contribution in [2.75, 3.05) is 24.6 Å². The molecule has 9 nitrogen and oxygen atoms in total. The van der Waals surface area contributed by atoms with Gasteiger partial charge in [0.15, 0.2) is 6.29 Å². The van der Waals surface area contributed by atoms with Crippen molar-refractivity contribution in [3.05, 3.63) is 39.8 Å². The maximum Gasteiger partial charge on any atom is 0.308 e. The number of hydrogen-bond acceptors (Lipinski definition) is 7. The number of amides is 1. The lowest BCUT2D eigenvalue weighted by Gasteiger charge is -2.36. The second kappa shape index (κ2) is 7.56. The van der Waals surface area contributed by atoms with E-state index < -0.39 is 17.6 Å². The van der Waals surface area contributed by atoms with Crippen LogP contribution in [0.15, 0.2) is 23.1 Å². The van der Waals surface area contributed by atoms with Crippen molar-refractivity contribution in [1.82, 2.24) is 14.7 Å². The topological polar surface area (TPSA) is 110 Å². The number of piperazine rings is 1. The first kappa shape index (κ1) is 18.6. The van der Waals surface area contributed by atoms with Gasteiger partial charge >= 0.3 is 5.97 Å². The van der Waals surface area contributed by atoms with Gasteiger partial charge in [-0.3, -0.25) is 23.6 Å². The molecule has 27 heavy (non-hydrogen) atoms. The van der Waals surface area contributed by atoms with E-state index in [0.717, 1.165) is 5.56 Å². The summed E-state index contributed by atoms with van der Waals surface area (Å²) >= 11 is 0. The zero-order chi connectivity index (χ0) is 19.6. The first-order valence-electron chi connectivity index (χ1n) is 8.65. The fourth-order valence-corrected chi connectivity index (χ4v) is 3.17. The number of anilines is 1. The van der Waals surface area contributed by atoms with E-state index in [0.29, 0.717) is 25.0 Å². The van der Waals surface area contributed by atoms with Crippen molar-refractivity contribution in [3.8, 4) is 0 Å². The van der Waals surface area contributed by atoms with Gasteiger partial charge in [-0.25, -0.2) is 4.98 Å². The smallest absolute Gasteiger partial charge is 0.308 e. The summed E-state index contributed by atoms with van der Waals surface area (Å²) in [5.41, 5.74) is 0.469. The molecule has 0 aromatic carbocycles. The second-order valence-electron chi connectivity index (χ2n) is 6.17. The van der Waals surface area contributed by atoms with Gasteiger partial charge in [0.05, 0.1) is 13.0 Å². The number of pyridine rings is 1. The molecule has 1 atom stereocenters. The van der Waals surface area contributed by atoms with Gasteiger partial charge in [0.1, 0.15) is 23.1 Å². The van der Waals surface area contributed by atoms with E-state index in [-0.39, 0.29) is 30.3 Å². The number of carbonyl (C=O) groups excluding carboxylic acids is 3. The second-order valence-corrected chi connectivity index (χ2v) is 6.17. The Balaban J connectivity index is 2.14. The molecular formula is C18H20N4O5. The van der Waals surface area contributed by atoms with Crippen LogP contribution in [-0.4, -0.2) is 53.3 Å². The molecule has 2 aromatic heterocycles. The van der Waals surface area contributed by atoms with Gasteiger partial charge in [0.25, 0.3) is 5.56 Å². The molecule has 1 fully saturated rings. The molecule has 0 bridgehead atoms. The van der Waals surface area contributed by atoms with E-state index in [1.54, 1.807) is 26.0 Å². The Morgan fingerprint density at radius 2 is 2.22 bits per heavy atom. The van der Waals surface area contributed by atoms with Gasteiger partial charge in [-0.05, 0) is 25.5 Å². The van der Waals surface area contributed by atoms with Gasteiger partial charge in [-0.2, -0.15) is 0 Å². The number of aromatic nitrogens is 2. The lowest BCUT2D eigenvalue weighted by molar-refractivity contribution is -0.145. The summed E-state index contributed by atoms with van der Waals surface area (Å²) in [4.78, 5) is 54.8. The van der Waals surface area contributed by atoms with Crippen LogP contribution in [0.2, 0.25) is 0 Å². The Labute approximate surface area is 154 Å². The molecule has 0 aliphatic carbocycles. The van der Waals surface area contributed by atoms with E-state index in [4.69, 9.17) is 4.74 Å². The van der Waals surface area contributed by atoms with Crippen LogP contribution in [0, 0.1) is 6.92 Å². The average molecular weight is 372 g/mol. The van der Waals surface area contributed by atoms with Crippen molar-refractivity contribution in [3.63, 3.8) is 0 Å². The fourth-order valence-electron chi connectivity index (χ4n) is 3.17. The number of nitrogens with zero attached hydrogens (tertiary/aromatic N) is 3. The molecule has 3 rings (SSSR count). The zero-order valence-electron chi connectivity index (χ0n) is 15.1. The molecule has 9 heteroatoms. The van der Waals surface area contributed by atoms with Gasteiger partial charge < -0.3 is 15.0 Å². The minimum absolute atomic E-state index is 0.105. The highest BCUT2D eigenvalue weighted by Gasteiger charge is 2.35. The quantitative estimate of drug-likeness (QED) is 0.584. The maximum atomic E-state index is 12.8. The lowest BCUT2D eigenvalue weighted by Crippen LogP contribution is -2.57. The van der Waals surface area contributed by atoms with Gasteiger partial charge in [-0.15, -0.1) is 0 Å². The molecule has 0 spiro atoms. The molecule has 1 aliphatic heterocycles. The van der Waals surface area contributed by atoms with Crippen molar-refractivity contribution >= 4 is 29.6 Å². The summed E-state index contributed by atoms with van der Waals surface area (Å²) in [7, 11) is 0. The summed E-state index contributed by atoms with van der Waals surface area (Å²) in [5.74, 6) is -0.808. The Kier molecular flexibility index (Phi) is 5.20. The molecular weight excluding hydrogens is 352 g/mol. The number of ether oxygens (including phenoxy) is 1. The number of nitrogens with one attached hydrogen (secondary N) is 1. The molecule has 2 aromatic rings. The summed E-state index contributed by atoms with van der Waals surface area (Å²) < 4.78 is 6.24. The molecule has 0 saturated carbocycles. The van der Waals surface area contributed by atoms with Crippen molar-refractivity contribution in [1.29, 1.82) is 0 Å². The number of aldehydes is 1. The van der Waals surface area contributed by atoms with E-state index in [9.17, 15) is 19.2 Å². The predicted octanol–water partition coefficient (Wildman–Crippen LogP) is 0.0734. The molecule has 0 radical (unpaired) electrons. The number of aryl methyl sites for hydroxylation is 1. The van der Waals surface area contributed by atoms with Crippen LogP contribution in [0.3, 0.4) is 0 Å². The number of carbonyl (C=O) groups is 3. The molecule has 1 aliphatic rings. The fraction of sp³-hybridized carbons (Fsp3) is 0.389. The van der Waals surface area contributed by atoms with Crippen molar-refractivity contribution in [2.24, 2.45) is 0 Å². The third-order valence-electron chi connectivity index (χ3n) is 4.45. The first-order valence-corrected chi connectivity index (χ1v) is 8.65. The SMILES string of the molecule is CCOC(=O)CC1C(=O)NCCN1c1nc2c(C)cccn2c(=O)c1C=O. The summed E-state index contributed by atoms with van der Waals surface area (Å²) in [6, 6.07) is 2.58. The van der Waals surface area contributed by atoms with E-state index in [2.05, 4.69) is 10.3 Å². The highest BCUT2D eigenvalue weighted by Crippen LogP contribution is 2.22. The van der Waals surface area contributed by atoms with Crippen LogP contribution in [0.5, 0.6) is 0 Å². The number of rotatable bonds is 5. The third-order valence-corrected chi connectivity index (χ3v) is 4.45. The molecule has 3 heterocycles. The third kappa shape index (κ3) is 3.40. The molecule has 142 valence electrons. The highest BCUT2D eigenvalue weighted by molar-refractivity contribution is 5.92. The van der Waals surface area contributed by atoms with Crippen LogP contribution >= 0.6 is 0 Å². The summed E-state index contributed by atoms with van der Waals surface area (Å²) in [6.07, 6.45) is 1.77. The molecule has 1 saturated heterocycles.